The fourth-order valence-electron chi connectivity index (χ4n) is 6.15. The quantitative estimate of drug-likeness (QED) is 0.0643. The van der Waals surface area contributed by atoms with Gasteiger partial charge in [0.25, 0.3) is 0 Å². The van der Waals surface area contributed by atoms with Gasteiger partial charge in [-0.05, 0) is 41.0 Å². The molecule has 0 aliphatic carbocycles. The van der Waals surface area contributed by atoms with E-state index in [9.17, 15) is 18.0 Å². The Morgan fingerprint density at radius 3 is 1.54 bits per heavy atom. The zero-order chi connectivity index (χ0) is 47.9. The lowest BCUT2D eigenvalue weighted by atomic mass is 9.85. The molecule has 3 N–H and O–H groups in total. The highest BCUT2D eigenvalue weighted by Gasteiger charge is 2.25. The molecule has 382 valence electrons. The minimum atomic E-state index is -3.76. The Hall–Kier alpha value is -2.45. The topological polar surface area (TPSA) is 215 Å². The molecule has 1 aliphatic heterocycles. The monoisotopic (exact) mass is 1010 g/mol. The first kappa shape index (κ1) is 58.9. The molecule has 22 heteroatoms. The van der Waals surface area contributed by atoms with E-state index in [1.54, 1.807) is 24.3 Å². The molecule has 2 aromatic rings. The number of benzene rings is 2. The molecule has 0 radical (unpaired) electrons. The summed E-state index contributed by atoms with van der Waals surface area (Å²) in [5.74, 6) is -0.224. The Morgan fingerprint density at radius 2 is 1.04 bits per heavy atom. The van der Waals surface area contributed by atoms with Gasteiger partial charge in [0.2, 0.25) is 15.9 Å². The third-order valence-electron chi connectivity index (χ3n) is 9.47. The molecule has 0 bridgehead atoms. The molecule has 1 unspecified atom stereocenters. The molecular weight excluding hydrogens is 941 g/mol. The lowest BCUT2D eigenvalue weighted by molar-refractivity contribution is -0.122. The largest absolute Gasteiger partial charge is 0.379 e. The van der Waals surface area contributed by atoms with Gasteiger partial charge < -0.3 is 72.3 Å². The maximum absolute atomic E-state index is 13.0. The molecule has 1 atom stereocenters. The van der Waals surface area contributed by atoms with Crippen molar-refractivity contribution in [3.8, 4) is 0 Å². The Kier molecular flexibility index (Phi) is 34.5. The maximum atomic E-state index is 13.0. The molecule has 0 fully saturated rings. The summed E-state index contributed by atoms with van der Waals surface area (Å²) < 4.78 is 94.0. The molecule has 67 heavy (non-hydrogen) atoms. The predicted molar refractivity (Wildman–Crippen MR) is 250 cm³/mol. The standard InChI is InChI=1S/C45H71Cl2N3O16S/c46-39-34-41-42(36-48-37-43(41)44(47)35-39)38-3-1-4-40(33-38)67(53,54)50-7-12-58-16-20-61-19-15-57-11-6-49-45(52)5-10-56-14-18-60-22-24-63-26-28-65-30-32-66-31-29-64-27-25-62-23-21-59-17-13-55-9-2-8-51/h1,3-4,8,33-35,42,48,50H,2,5-7,9-32,36-37H2,(H,49,52). The van der Waals surface area contributed by atoms with E-state index in [2.05, 4.69) is 15.4 Å². The van der Waals surface area contributed by atoms with Crippen LogP contribution in [0.15, 0.2) is 41.3 Å². The predicted octanol–water partition coefficient (Wildman–Crippen LogP) is 2.80. The molecule has 0 spiro atoms. The summed E-state index contributed by atoms with van der Waals surface area (Å²) >= 11 is 12.7. The van der Waals surface area contributed by atoms with Crippen LogP contribution in [0.25, 0.3) is 0 Å². The molecule has 1 heterocycles. The Labute approximate surface area is 405 Å². The fourth-order valence-corrected chi connectivity index (χ4v) is 7.79. The van der Waals surface area contributed by atoms with Crippen LogP contribution in [0.2, 0.25) is 10.0 Å². The molecule has 2 aromatic carbocycles. The molecule has 0 aromatic heterocycles. The van der Waals surface area contributed by atoms with Crippen molar-refractivity contribution in [2.24, 2.45) is 0 Å². The summed E-state index contributed by atoms with van der Waals surface area (Å²) in [6, 6.07) is 10.5. The lowest BCUT2D eigenvalue weighted by Crippen LogP contribution is -2.30. The summed E-state index contributed by atoms with van der Waals surface area (Å²) in [4.78, 5) is 22.4. The Morgan fingerprint density at radius 1 is 0.597 bits per heavy atom. The van der Waals surface area contributed by atoms with Crippen LogP contribution in [-0.2, 0) is 83.0 Å². The number of sulfonamides is 1. The number of hydrogen-bond acceptors (Lipinski definition) is 17. The van der Waals surface area contributed by atoms with E-state index in [4.69, 9.17) is 80.0 Å². The highest BCUT2D eigenvalue weighted by molar-refractivity contribution is 7.89. The van der Waals surface area contributed by atoms with Crippen LogP contribution < -0.4 is 15.4 Å². The lowest BCUT2D eigenvalue weighted by Gasteiger charge is -2.28. The molecule has 19 nitrogen and oxygen atoms in total. The molecular formula is C45H71Cl2N3O16S. The van der Waals surface area contributed by atoms with Crippen LogP contribution in [-0.4, -0.2) is 199 Å². The Balaban J connectivity index is 0.990. The van der Waals surface area contributed by atoms with Crippen molar-refractivity contribution in [2.45, 2.75) is 30.2 Å². The van der Waals surface area contributed by atoms with Crippen LogP contribution in [0.4, 0.5) is 0 Å². The Bertz CT molecular complexity index is 1700. The van der Waals surface area contributed by atoms with Gasteiger partial charge in [0.1, 0.15) is 6.29 Å². The number of carbonyl (C=O) groups excluding carboxylic acids is 2. The van der Waals surface area contributed by atoms with E-state index >= 15 is 0 Å². The average molecular weight is 1010 g/mol. The second kappa shape index (κ2) is 39.3. The molecule has 3 rings (SSSR count). The van der Waals surface area contributed by atoms with Crippen molar-refractivity contribution in [2.75, 3.05) is 178 Å². The van der Waals surface area contributed by atoms with Crippen LogP contribution >= 0.6 is 23.2 Å². The molecule has 0 saturated carbocycles. The molecule has 1 amide bonds. The number of amides is 1. The first-order valence-corrected chi connectivity index (χ1v) is 25.0. The second-order valence-electron chi connectivity index (χ2n) is 14.5. The number of carbonyl (C=O) groups is 2. The summed E-state index contributed by atoms with van der Waals surface area (Å²) in [6.07, 6.45) is 1.46. The smallest absolute Gasteiger partial charge is 0.240 e. The van der Waals surface area contributed by atoms with E-state index in [1.165, 1.54) is 0 Å². The number of nitrogens with one attached hydrogen (secondary N) is 3. The number of fused-ring (bicyclic) bond motifs is 1. The van der Waals surface area contributed by atoms with Crippen molar-refractivity contribution < 1.29 is 74.8 Å². The zero-order valence-electron chi connectivity index (χ0n) is 38.5. The van der Waals surface area contributed by atoms with Gasteiger partial charge in [0, 0.05) is 55.0 Å². The van der Waals surface area contributed by atoms with E-state index in [0.29, 0.717) is 181 Å². The third-order valence-corrected chi connectivity index (χ3v) is 11.5. The summed E-state index contributed by atoms with van der Waals surface area (Å²) in [7, 11) is -3.76. The highest BCUT2D eigenvalue weighted by atomic mass is 35.5. The van der Waals surface area contributed by atoms with Gasteiger partial charge in [-0.25, -0.2) is 13.1 Å². The molecule has 1 aliphatic rings. The van der Waals surface area contributed by atoms with Gasteiger partial charge in [-0.15, -0.1) is 0 Å². The van der Waals surface area contributed by atoms with Gasteiger partial charge in [-0.3, -0.25) is 4.79 Å². The van der Waals surface area contributed by atoms with Gasteiger partial charge in [-0.1, -0.05) is 35.3 Å². The van der Waals surface area contributed by atoms with E-state index < -0.39 is 10.0 Å². The number of ether oxygens (including phenoxy) is 12. The van der Waals surface area contributed by atoms with Crippen LogP contribution in [0.1, 0.15) is 35.4 Å². The fraction of sp³-hybridized carbons (Fsp3) is 0.689. The SMILES string of the molecule is O=CCCOCCOCCOCCOCCOCCOCCOCCOCCOCCC(=O)NCCOCCOCCOCCNS(=O)(=O)c1cccc(C2CNCc3c(Cl)cc(Cl)cc32)c1. The van der Waals surface area contributed by atoms with Gasteiger partial charge >= 0.3 is 0 Å². The van der Waals surface area contributed by atoms with Gasteiger partial charge in [0.05, 0.1) is 163 Å². The van der Waals surface area contributed by atoms with E-state index in [-0.39, 0.29) is 42.9 Å². The van der Waals surface area contributed by atoms with Crippen LogP contribution in [0.5, 0.6) is 0 Å². The summed E-state index contributed by atoms with van der Waals surface area (Å²) in [5.41, 5.74) is 2.80. The van der Waals surface area contributed by atoms with Crippen molar-refractivity contribution >= 4 is 45.4 Å². The third kappa shape index (κ3) is 28.7. The first-order valence-electron chi connectivity index (χ1n) is 22.7. The van der Waals surface area contributed by atoms with Crippen molar-refractivity contribution in [3.05, 3.63) is 63.1 Å². The van der Waals surface area contributed by atoms with Crippen LogP contribution in [0.3, 0.4) is 0 Å². The van der Waals surface area contributed by atoms with Crippen molar-refractivity contribution in [1.29, 1.82) is 0 Å². The van der Waals surface area contributed by atoms with E-state index in [0.717, 1.165) is 23.0 Å². The highest BCUT2D eigenvalue weighted by Crippen LogP contribution is 2.36. The second-order valence-corrected chi connectivity index (χ2v) is 17.1. The van der Waals surface area contributed by atoms with Crippen molar-refractivity contribution in [3.63, 3.8) is 0 Å². The minimum Gasteiger partial charge on any atom is -0.379 e. The van der Waals surface area contributed by atoms with Gasteiger partial charge in [0.15, 0.2) is 0 Å². The van der Waals surface area contributed by atoms with Crippen molar-refractivity contribution in [1.82, 2.24) is 15.4 Å². The maximum Gasteiger partial charge on any atom is 0.240 e. The average Bonchev–Trinajstić information content (AvgIpc) is 3.32. The van der Waals surface area contributed by atoms with Crippen LogP contribution in [0, 0.1) is 0 Å². The minimum absolute atomic E-state index is 0.0929. The number of aldehydes is 1. The number of halogens is 2. The van der Waals surface area contributed by atoms with Gasteiger partial charge in [-0.2, -0.15) is 0 Å². The number of hydrogen-bond donors (Lipinski definition) is 3. The normalized spacial score (nSPS) is 13.8. The zero-order valence-corrected chi connectivity index (χ0v) is 40.9. The van der Waals surface area contributed by atoms with E-state index in [1.807, 2.05) is 12.1 Å². The first-order chi connectivity index (χ1) is 32.8. The summed E-state index contributed by atoms with van der Waals surface area (Å²) in [6.45, 7) is 11.6. The molecule has 0 saturated heterocycles. The number of rotatable bonds is 45. The summed E-state index contributed by atoms with van der Waals surface area (Å²) in [5, 5.41) is 7.27.